The van der Waals surface area contributed by atoms with Crippen molar-refractivity contribution < 1.29 is 4.74 Å². The van der Waals surface area contributed by atoms with Gasteiger partial charge in [-0.3, -0.25) is 0 Å². The van der Waals surface area contributed by atoms with Crippen LogP contribution in [-0.2, 0) is 4.74 Å². The lowest BCUT2D eigenvalue weighted by atomic mass is 9.84. The number of thioether (sulfide) groups is 1. The maximum Gasteiger partial charge on any atom is 0.0922 e. The highest BCUT2D eigenvalue weighted by atomic mass is 32.2. The van der Waals surface area contributed by atoms with E-state index in [0.717, 1.165) is 12.2 Å². The van der Waals surface area contributed by atoms with Crippen molar-refractivity contribution in [2.45, 2.75) is 24.5 Å². The van der Waals surface area contributed by atoms with Gasteiger partial charge in [-0.15, -0.1) is 11.8 Å². The van der Waals surface area contributed by atoms with Gasteiger partial charge in [0.2, 0.25) is 0 Å². The molecule has 2 aliphatic rings. The summed E-state index contributed by atoms with van der Waals surface area (Å²) in [5.41, 5.74) is 0. The average molecular weight is 182 g/mol. The zero-order valence-electron chi connectivity index (χ0n) is 7.54. The normalized spacial score (nSPS) is 39.2. The van der Waals surface area contributed by atoms with E-state index in [9.17, 15) is 0 Å². The molecule has 0 bridgehead atoms. The van der Waals surface area contributed by atoms with Crippen molar-refractivity contribution in [2.24, 2.45) is 5.92 Å². The Morgan fingerprint density at radius 1 is 1.67 bits per heavy atom. The molecule has 2 rings (SSSR count). The Hall–Kier alpha value is -0.370. The van der Waals surface area contributed by atoms with Gasteiger partial charge in [0, 0.05) is 17.1 Å². The van der Waals surface area contributed by atoms with Gasteiger partial charge in [-0.25, -0.2) is 0 Å². The van der Waals surface area contributed by atoms with Gasteiger partial charge in [-0.2, -0.15) is 0 Å². The molecule has 0 aromatic heterocycles. The monoisotopic (exact) mass is 182 g/mol. The number of allylic oxidation sites excluding steroid dienone is 3. The zero-order chi connectivity index (χ0) is 8.60. The van der Waals surface area contributed by atoms with Gasteiger partial charge in [0.1, 0.15) is 0 Å². The van der Waals surface area contributed by atoms with E-state index in [2.05, 4.69) is 24.5 Å². The predicted octanol–water partition coefficient (Wildman–Crippen LogP) is 2.95. The molecule has 0 radical (unpaired) electrons. The number of ether oxygens (including phenoxy) is 1. The molecule has 12 heavy (non-hydrogen) atoms. The van der Waals surface area contributed by atoms with Crippen molar-refractivity contribution in [2.75, 3.05) is 7.11 Å². The second kappa shape index (κ2) is 2.84. The highest BCUT2D eigenvalue weighted by Crippen LogP contribution is 2.48. The van der Waals surface area contributed by atoms with Gasteiger partial charge in [-0.05, 0) is 24.8 Å². The summed E-state index contributed by atoms with van der Waals surface area (Å²) in [6.45, 7) is 2.34. The van der Waals surface area contributed by atoms with Crippen LogP contribution >= 0.6 is 11.8 Å². The largest absolute Gasteiger partial charge is 0.501 e. The first-order valence-corrected chi connectivity index (χ1v) is 5.22. The molecule has 66 valence electrons. The smallest absolute Gasteiger partial charge is 0.0922 e. The number of rotatable bonds is 1. The third kappa shape index (κ3) is 1.18. The third-order valence-corrected chi connectivity index (χ3v) is 4.13. The summed E-state index contributed by atoms with van der Waals surface area (Å²) in [7, 11) is 1.76. The highest BCUT2D eigenvalue weighted by molar-refractivity contribution is 8.03. The highest BCUT2D eigenvalue weighted by Gasteiger charge is 2.37. The summed E-state index contributed by atoms with van der Waals surface area (Å²) >= 11 is 1.96. The molecule has 1 aliphatic carbocycles. The molecule has 1 aliphatic heterocycles. The van der Waals surface area contributed by atoms with E-state index < -0.39 is 0 Å². The molecule has 1 nitrogen and oxygen atoms in total. The van der Waals surface area contributed by atoms with Crippen LogP contribution in [0.1, 0.15) is 19.8 Å². The molecule has 0 amide bonds. The minimum Gasteiger partial charge on any atom is -0.501 e. The summed E-state index contributed by atoms with van der Waals surface area (Å²) in [4.78, 5) is 0. The van der Waals surface area contributed by atoms with E-state index >= 15 is 0 Å². The Morgan fingerprint density at radius 2 is 2.50 bits per heavy atom. The molecule has 0 fully saturated rings. The maximum absolute atomic E-state index is 5.26. The summed E-state index contributed by atoms with van der Waals surface area (Å²) in [5, 5.41) is 2.22. The number of hydrogen-bond acceptors (Lipinski definition) is 2. The van der Waals surface area contributed by atoms with Crippen molar-refractivity contribution in [3.05, 3.63) is 23.3 Å². The Morgan fingerprint density at radius 3 is 3.25 bits per heavy atom. The molecule has 2 heteroatoms. The standard InChI is InChI=1S/C10H14OS/c1-10-5-3-9(11-2)7-8(10)4-6-12-10/h4,6-8H,3,5H2,1-2H3. The molecule has 2 atom stereocenters. The molecule has 2 unspecified atom stereocenters. The first-order chi connectivity index (χ1) is 5.74. The Bertz CT molecular complexity index is 244. The first kappa shape index (κ1) is 8.24. The molecule has 0 spiro atoms. The Kier molecular flexibility index (Phi) is 1.95. The van der Waals surface area contributed by atoms with Crippen LogP contribution in [0, 0.1) is 5.92 Å². The van der Waals surface area contributed by atoms with Crippen molar-refractivity contribution in [3.63, 3.8) is 0 Å². The first-order valence-electron chi connectivity index (χ1n) is 4.34. The molecule has 0 saturated heterocycles. The van der Waals surface area contributed by atoms with E-state index in [0.29, 0.717) is 10.7 Å². The number of fused-ring (bicyclic) bond motifs is 1. The van der Waals surface area contributed by atoms with E-state index in [-0.39, 0.29) is 0 Å². The zero-order valence-corrected chi connectivity index (χ0v) is 8.36. The fraction of sp³-hybridized carbons (Fsp3) is 0.600. The van der Waals surface area contributed by atoms with Crippen LogP contribution < -0.4 is 0 Å². The summed E-state index contributed by atoms with van der Waals surface area (Å²) in [6.07, 6.45) is 6.87. The lowest BCUT2D eigenvalue weighted by Crippen LogP contribution is -2.29. The maximum atomic E-state index is 5.26. The van der Waals surface area contributed by atoms with Gasteiger partial charge in [0.15, 0.2) is 0 Å². The molecular weight excluding hydrogens is 168 g/mol. The van der Waals surface area contributed by atoms with E-state index in [1.54, 1.807) is 7.11 Å². The van der Waals surface area contributed by atoms with Crippen LogP contribution in [0.4, 0.5) is 0 Å². The quantitative estimate of drug-likeness (QED) is 0.616. The van der Waals surface area contributed by atoms with E-state index in [1.807, 2.05) is 11.8 Å². The van der Waals surface area contributed by atoms with Gasteiger partial charge in [0.05, 0.1) is 12.9 Å². The van der Waals surface area contributed by atoms with E-state index in [4.69, 9.17) is 4.74 Å². The van der Waals surface area contributed by atoms with Crippen molar-refractivity contribution in [1.29, 1.82) is 0 Å². The van der Waals surface area contributed by atoms with Crippen LogP contribution in [0.3, 0.4) is 0 Å². The molecular formula is C10H14OS. The Balaban J connectivity index is 2.22. The fourth-order valence-electron chi connectivity index (χ4n) is 1.84. The SMILES string of the molecule is COC1=CC2C=CSC2(C)CC1. The third-order valence-electron chi connectivity index (χ3n) is 2.82. The predicted molar refractivity (Wildman–Crippen MR) is 53.0 cm³/mol. The number of hydrogen-bond donors (Lipinski definition) is 0. The topological polar surface area (TPSA) is 9.23 Å². The van der Waals surface area contributed by atoms with Crippen molar-refractivity contribution in [1.82, 2.24) is 0 Å². The fourth-order valence-corrected chi connectivity index (χ4v) is 2.93. The van der Waals surface area contributed by atoms with Gasteiger partial charge in [-0.1, -0.05) is 6.08 Å². The average Bonchev–Trinajstić information content (AvgIpc) is 2.45. The molecule has 0 saturated carbocycles. The summed E-state index contributed by atoms with van der Waals surface area (Å²) < 4.78 is 5.68. The van der Waals surface area contributed by atoms with Crippen molar-refractivity contribution >= 4 is 11.8 Å². The van der Waals surface area contributed by atoms with Crippen molar-refractivity contribution in [3.8, 4) is 0 Å². The van der Waals surface area contributed by atoms with Crippen LogP contribution in [0.25, 0.3) is 0 Å². The number of methoxy groups -OCH3 is 1. The van der Waals surface area contributed by atoms with Crippen LogP contribution in [-0.4, -0.2) is 11.9 Å². The van der Waals surface area contributed by atoms with Gasteiger partial charge in [0.25, 0.3) is 0 Å². The minimum absolute atomic E-state index is 0.419. The van der Waals surface area contributed by atoms with Crippen LogP contribution in [0.15, 0.2) is 23.3 Å². The molecule has 0 aromatic rings. The van der Waals surface area contributed by atoms with Gasteiger partial charge >= 0.3 is 0 Å². The Labute approximate surface area is 77.9 Å². The van der Waals surface area contributed by atoms with E-state index in [1.165, 1.54) is 6.42 Å². The lowest BCUT2D eigenvalue weighted by Gasteiger charge is -2.33. The second-order valence-corrected chi connectivity index (χ2v) is 5.06. The lowest BCUT2D eigenvalue weighted by molar-refractivity contribution is 0.253. The molecule has 0 N–H and O–H groups in total. The minimum atomic E-state index is 0.419. The molecule has 1 heterocycles. The summed E-state index contributed by atoms with van der Waals surface area (Å²) in [6, 6.07) is 0. The van der Waals surface area contributed by atoms with Gasteiger partial charge < -0.3 is 4.74 Å². The van der Waals surface area contributed by atoms with Crippen LogP contribution in [0.2, 0.25) is 0 Å². The van der Waals surface area contributed by atoms with Crippen LogP contribution in [0.5, 0.6) is 0 Å². The second-order valence-electron chi connectivity index (χ2n) is 3.62. The molecule has 0 aromatic carbocycles. The summed E-state index contributed by atoms with van der Waals surface area (Å²) in [5.74, 6) is 1.75.